The number of para-hydroxylation sites is 1. The van der Waals surface area contributed by atoms with Crippen LogP contribution in [0.25, 0.3) is 0 Å². The number of nitrogens with one attached hydrogen (secondary N) is 1. The highest BCUT2D eigenvalue weighted by atomic mass is 32.2. The van der Waals surface area contributed by atoms with Crippen LogP contribution in [0.5, 0.6) is 0 Å². The first-order chi connectivity index (χ1) is 13.1. The lowest BCUT2D eigenvalue weighted by molar-refractivity contribution is -0.117. The molecule has 2 amide bonds. The average Bonchev–Trinajstić information content (AvgIpc) is 2.69. The summed E-state index contributed by atoms with van der Waals surface area (Å²) in [6, 6.07) is 10.3. The van der Waals surface area contributed by atoms with Gasteiger partial charge < -0.3 is 15.0 Å². The van der Waals surface area contributed by atoms with Gasteiger partial charge in [-0.3, -0.25) is 9.59 Å². The first-order valence-corrected chi connectivity index (χ1v) is 9.44. The number of anilines is 2. The second-order valence-electron chi connectivity index (χ2n) is 5.85. The maximum atomic E-state index is 12.3. The Morgan fingerprint density at radius 3 is 2.89 bits per heavy atom. The van der Waals surface area contributed by atoms with Crippen molar-refractivity contribution in [2.45, 2.75) is 17.9 Å². The molecule has 1 aromatic heterocycles. The third-order valence-corrected chi connectivity index (χ3v) is 5.05. The van der Waals surface area contributed by atoms with Crippen LogP contribution in [-0.4, -0.2) is 42.2 Å². The number of hydrogen-bond acceptors (Lipinski definition) is 6. The van der Waals surface area contributed by atoms with E-state index in [4.69, 9.17) is 4.74 Å². The number of rotatable bonds is 6. The summed E-state index contributed by atoms with van der Waals surface area (Å²) in [4.78, 5) is 42.2. The lowest BCUT2D eigenvalue weighted by atomic mass is 10.1. The number of methoxy groups -OCH3 is 1. The van der Waals surface area contributed by atoms with E-state index in [1.807, 2.05) is 6.07 Å². The lowest BCUT2D eigenvalue weighted by Crippen LogP contribution is -2.36. The number of benzene rings is 1. The maximum absolute atomic E-state index is 12.3. The average molecular weight is 385 g/mol. The number of ether oxygens (including phenoxy) is 1. The molecule has 7 nitrogen and oxygen atoms in total. The second kappa shape index (κ2) is 8.68. The van der Waals surface area contributed by atoms with Crippen LogP contribution in [-0.2, 0) is 14.3 Å². The predicted molar refractivity (Wildman–Crippen MR) is 103 cm³/mol. The minimum atomic E-state index is -0.508. The number of nitrogens with zero attached hydrogens (tertiary/aromatic N) is 2. The molecule has 140 valence electrons. The van der Waals surface area contributed by atoms with Gasteiger partial charge in [-0.1, -0.05) is 23.9 Å². The van der Waals surface area contributed by atoms with Crippen molar-refractivity contribution in [1.82, 2.24) is 4.98 Å². The highest BCUT2D eigenvalue weighted by Gasteiger charge is 2.25. The molecule has 1 N–H and O–H groups in total. The summed E-state index contributed by atoms with van der Waals surface area (Å²) in [5.41, 5.74) is 1.50. The molecule has 27 heavy (non-hydrogen) atoms. The van der Waals surface area contributed by atoms with E-state index in [1.54, 1.807) is 41.4 Å². The standard InChI is InChI=1S/C19H19N3O4S/c1-26-19(25)13-6-2-3-7-14(13)21-16(23)9-5-11-22-15-8-4-10-20-18(15)27-12-17(22)24/h2-4,6-8,10H,5,9,11-12H2,1H3,(H,21,23). The predicted octanol–water partition coefficient (Wildman–Crippen LogP) is 2.73. The van der Waals surface area contributed by atoms with Crippen LogP contribution >= 0.6 is 11.8 Å². The molecule has 0 spiro atoms. The Morgan fingerprint density at radius 1 is 1.26 bits per heavy atom. The van der Waals surface area contributed by atoms with Crippen molar-refractivity contribution in [2.75, 3.05) is 29.6 Å². The molecule has 2 aromatic rings. The fourth-order valence-corrected chi connectivity index (χ4v) is 3.65. The van der Waals surface area contributed by atoms with Gasteiger partial charge in [-0.15, -0.1) is 0 Å². The number of aromatic nitrogens is 1. The van der Waals surface area contributed by atoms with Gasteiger partial charge in [-0.25, -0.2) is 9.78 Å². The summed E-state index contributed by atoms with van der Waals surface area (Å²) in [5, 5.41) is 3.56. The van der Waals surface area contributed by atoms with Gasteiger partial charge in [0.05, 0.1) is 29.8 Å². The Bertz CT molecular complexity index is 872. The van der Waals surface area contributed by atoms with Crippen LogP contribution in [0.1, 0.15) is 23.2 Å². The van der Waals surface area contributed by atoms with E-state index in [1.165, 1.54) is 18.9 Å². The van der Waals surface area contributed by atoms with Gasteiger partial charge in [0.15, 0.2) is 0 Å². The molecule has 0 saturated heterocycles. The van der Waals surface area contributed by atoms with E-state index in [-0.39, 0.29) is 18.2 Å². The van der Waals surface area contributed by atoms with Crippen LogP contribution in [0.2, 0.25) is 0 Å². The van der Waals surface area contributed by atoms with E-state index in [9.17, 15) is 14.4 Å². The van der Waals surface area contributed by atoms with Crippen LogP contribution in [0.15, 0.2) is 47.6 Å². The zero-order valence-corrected chi connectivity index (χ0v) is 15.6. The molecular formula is C19H19N3O4S. The summed E-state index contributed by atoms with van der Waals surface area (Å²) in [6.45, 7) is 0.435. The van der Waals surface area contributed by atoms with Crippen molar-refractivity contribution < 1.29 is 19.1 Å². The van der Waals surface area contributed by atoms with E-state index < -0.39 is 5.97 Å². The molecule has 0 atom stereocenters. The summed E-state index contributed by atoms with van der Waals surface area (Å²) in [5.74, 6) is -0.372. The molecule has 1 aliphatic heterocycles. The molecule has 0 bridgehead atoms. The summed E-state index contributed by atoms with van der Waals surface area (Å²) in [7, 11) is 1.29. The summed E-state index contributed by atoms with van der Waals surface area (Å²) >= 11 is 1.42. The number of thioether (sulfide) groups is 1. The van der Waals surface area contributed by atoms with Crippen LogP contribution in [0, 0.1) is 0 Å². The SMILES string of the molecule is COC(=O)c1ccccc1NC(=O)CCCN1C(=O)CSc2ncccc21. The molecule has 2 heterocycles. The number of pyridine rings is 1. The zero-order chi connectivity index (χ0) is 19.2. The number of carbonyl (C=O) groups is 3. The molecular weight excluding hydrogens is 366 g/mol. The van der Waals surface area contributed by atoms with Crippen molar-refractivity contribution in [2.24, 2.45) is 0 Å². The normalized spacial score (nSPS) is 13.1. The highest BCUT2D eigenvalue weighted by molar-refractivity contribution is 8.00. The topological polar surface area (TPSA) is 88.6 Å². The Kier molecular flexibility index (Phi) is 6.08. The lowest BCUT2D eigenvalue weighted by Gasteiger charge is -2.28. The Balaban J connectivity index is 1.58. The van der Waals surface area contributed by atoms with Gasteiger partial charge in [-0.2, -0.15) is 0 Å². The van der Waals surface area contributed by atoms with Gasteiger partial charge in [0.25, 0.3) is 0 Å². The number of fused-ring (bicyclic) bond motifs is 1. The van der Waals surface area contributed by atoms with Crippen LogP contribution in [0.4, 0.5) is 11.4 Å². The third-order valence-electron chi connectivity index (χ3n) is 4.07. The van der Waals surface area contributed by atoms with Crippen molar-refractivity contribution in [3.63, 3.8) is 0 Å². The minimum absolute atomic E-state index is 0.0111. The van der Waals surface area contributed by atoms with Gasteiger partial charge >= 0.3 is 5.97 Å². The molecule has 0 aliphatic carbocycles. The van der Waals surface area contributed by atoms with Gasteiger partial charge in [0, 0.05) is 19.2 Å². The van der Waals surface area contributed by atoms with Gasteiger partial charge in [0.1, 0.15) is 5.03 Å². The molecule has 3 rings (SSSR count). The minimum Gasteiger partial charge on any atom is -0.465 e. The largest absolute Gasteiger partial charge is 0.465 e. The Hall–Kier alpha value is -2.87. The van der Waals surface area contributed by atoms with Gasteiger partial charge in [-0.05, 0) is 30.7 Å². The van der Waals surface area contributed by atoms with Crippen LogP contribution < -0.4 is 10.2 Å². The molecule has 1 aromatic carbocycles. The number of hydrogen-bond donors (Lipinski definition) is 1. The van der Waals surface area contributed by atoms with E-state index in [2.05, 4.69) is 10.3 Å². The molecule has 0 saturated carbocycles. The summed E-state index contributed by atoms with van der Waals surface area (Å²) in [6.07, 6.45) is 2.42. The van der Waals surface area contributed by atoms with Crippen molar-refractivity contribution >= 4 is 40.9 Å². The summed E-state index contributed by atoms with van der Waals surface area (Å²) < 4.78 is 4.72. The van der Waals surface area contributed by atoms with E-state index in [0.717, 1.165) is 10.7 Å². The maximum Gasteiger partial charge on any atom is 0.339 e. The second-order valence-corrected chi connectivity index (χ2v) is 6.81. The van der Waals surface area contributed by atoms with E-state index >= 15 is 0 Å². The third kappa shape index (κ3) is 4.46. The number of esters is 1. The quantitative estimate of drug-likeness (QED) is 0.769. The monoisotopic (exact) mass is 385 g/mol. The highest BCUT2D eigenvalue weighted by Crippen LogP contribution is 2.33. The van der Waals surface area contributed by atoms with Crippen molar-refractivity contribution in [3.8, 4) is 0 Å². The molecule has 8 heteroatoms. The fourth-order valence-electron chi connectivity index (χ4n) is 2.78. The Morgan fingerprint density at radius 2 is 2.07 bits per heavy atom. The Labute approximate surface area is 161 Å². The number of amides is 2. The van der Waals surface area contributed by atoms with Crippen LogP contribution in [0.3, 0.4) is 0 Å². The molecule has 0 unspecified atom stereocenters. The fraction of sp³-hybridized carbons (Fsp3) is 0.263. The first-order valence-electron chi connectivity index (χ1n) is 8.45. The van der Waals surface area contributed by atoms with Gasteiger partial charge in [0.2, 0.25) is 11.8 Å². The molecule has 0 radical (unpaired) electrons. The van der Waals surface area contributed by atoms with Crippen molar-refractivity contribution in [1.29, 1.82) is 0 Å². The zero-order valence-electron chi connectivity index (χ0n) is 14.8. The molecule has 1 aliphatic rings. The molecule has 0 fully saturated rings. The van der Waals surface area contributed by atoms with Crippen molar-refractivity contribution in [3.05, 3.63) is 48.2 Å². The smallest absolute Gasteiger partial charge is 0.339 e. The van der Waals surface area contributed by atoms with E-state index in [0.29, 0.717) is 30.0 Å². The first kappa shape index (κ1) is 18.9. The number of carbonyl (C=O) groups excluding carboxylic acids is 3.